The van der Waals surface area contributed by atoms with Crippen molar-refractivity contribution in [3.8, 4) is 17.0 Å². The van der Waals surface area contributed by atoms with Crippen LogP contribution in [-0.2, 0) is 13.5 Å². The van der Waals surface area contributed by atoms with Crippen LogP contribution in [0, 0.1) is 5.92 Å². The third kappa shape index (κ3) is 2.59. The Hall–Kier alpha value is -3.15. The van der Waals surface area contributed by atoms with Crippen LogP contribution in [0.25, 0.3) is 11.3 Å². The zero-order valence-corrected chi connectivity index (χ0v) is 16.0. The topological polar surface area (TPSA) is 60.2 Å². The molecule has 6 nitrogen and oxygen atoms in total. The highest BCUT2D eigenvalue weighted by Gasteiger charge is 2.45. The van der Waals surface area contributed by atoms with Gasteiger partial charge in [0.2, 0.25) is 0 Å². The van der Waals surface area contributed by atoms with Crippen molar-refractivity contribution in [2.75, 3.05) is 20.2 Å². The molecule has 0 unspecified atom stereocenters. The molecule has 0 N–H and O–H groups in total. The summed E-state index contributed by atoms with van der Waals surface area (Å²) < 4.78 is 7.41. The summed E-state index contributed by atoms with van der Waals surface area (Å²) in [5, 5.41) is 4.82. The second-order valence-electron chi connectivity index (χ2n) is 7.58. The van der Waals surface area contributed by atoms with Gasteiger partial charge >= 0.3 is 0 Å². The molecule has 0 spiro atoms. The lowest BCUT2D eigenvalue weighted by Crippen LogP contribution is -2.29. The van der Waals surface area contributed by atoms with E-state index in [0.29, 0.717) is 17.4 Å². The fraction of sp³-hybridized carbons (Fsp3) is 0.318. The molecule has 0 saturated carbocycles. The summed E-state index contributed by atoms with van der Waals surface area (Å²) in [5.74, 6) is 1.70. The number of fused-ring (bicyclic) bond motifs is 3. The maximum Gasteiger partial charge on any atom is 0.253 e. The first-order chi connectivity index (χ1) is 13.7. The van der Waals surface area contributed by atoms with Gasteiger partial charge in [0.1, 0.15) is 5.75 Å². The van der Waals surface area contributed by atoms with Crippen molar-refractivity contribution in [2.45, 2.75) is 12.3 Å². The summed E-state index contributed by atoms with van der Waals surface area (Å²) in [7, 11) is 3.70. The summed E-state index contributed by atoms with van der Waals surface area (Å²) in [6.45, 7) is 1.53. The van der Waals surface area contributed by atoms with E-state index in [-0.39, 0.29) is 5.91 Å². The van der Waals surface area contributed by atoms with Crippen molar-refractivity contribution in [3.63, 3.8) is 0 Å². The zero-order chi connectivity index (χ0) is 19.3. The number of amides is 1. The van der Waals surface area contributed by atoms with Gasteiger partial charge in [-0.25, -0.2) is 0 Å². The first-order valence-corrected chi connectivity index (χ1v) is 9.55. The molecule has 142 valence electrons. The molecule has 1 amide bonds. The molecule has 3 aromatic rings. The summed E-state index contributed by atoms with van der Waals surface area (Å²) in [6.07, 6.45) is 4.31. The van der Waals surface area contributed by atoms with Crippen molar-refractivity contribution >= 4 is 5.91 Å². The quantitative estimate of drug-likeness (QED) is 0.707. The number of ether oxygens (including phenoxy) is 1. The Morgan fingerprint density at radius 2 is 2.00 bits per heavy atom. The molecule has 0 bridgehead atoms. The average molecular weight is 374 g/mol. The predicted octanol–water partition coefficient (Wildman–Crippen LogP) is 2.90. The molecule has 5 rings (SSSR count). The molecular weight excluding hydrogens is 352 g/mol. The second-order valence-corrected chi connectivity index (χ2v) is 7.58. The van der Waals surface area contributed by atoms with Gasteiger partial charge in [0.05, 0.1) is 12.8 Å². The largest absolute Gasteiger partial charge is 0.497 e. The van der Waals surface area contributed by atoms with Gasteiger partial charge in [-0.05, 0) is 36.6 Å². The Kier molecular flexibility index (Phi) is 3.93. The Labute approximate surface area is 163 Å². The lowest BCUT2D eigenvalue weighted by Gasteiger charge is -2.17. The van der Waals surface area contributed by atoms with E-state index < -0.39 is 0 Å². The van der Waals surface area contributed by atoms with Gasteiger partial charge < -0.3 is 9.64 Å². The molecule has 1 aliphatic carbocycles. The van der Waals surface area contributed by atoms with E-state index in [0.717, 1.165) is 36.5 Å². The van der Waals surface area contributed by atoms with E-state index >= 15 is 0 Å². The number of pyridine rings is 1. The van der Waals surface area contributed by atoms with E-state index in [9.17, 15) is 4.79 Å². The maximum absolute atomic E-state index is 12.9. The Balaban J connectivity index is 1.48. The number of hydrogen-bond acceptors (Lipinski definition) is 4. The van der Waals surface area contributed by atoms with Crippen molar-refractivity contribution in [1.29, 1.82) is 0 Å². The van der Waals surface area contributed by atoms with Crippen molar-refractivity contribution in [3.05, 3.63) is 65.6 Å². The highest BCUT2D eigenvalue weighted by atomic mass is 16.5. The van der Waals surface area contributed by atoms with E-state index in [1.807, 2.05) is 34.8 Å². The molecular formula is C22H22N4O2. The van der Waals surface area contributed by atoms with Crippen LogP contribution in [-0.4, -0.2) is 45.8 Å². The predicted molar refractivity (Wildman–Crippen MR) is 105 cm³/mol. The van der Waals surface area contributed by atoms with Crippen molar-refractivity contribution in [1.82, 2.24) is 19.7 Å². The van der Waals surface area contributed by atoms with Crippen LogP contribution in [0.5, 0.6) is 5.75 Å². The number of nitrogens with zero attached hydrogens (tertiary/aromatic N) is 4. The minimum atomic E-state index is 0.0881. The molecule has 2 aromatic heterocycles. The Bertz CT molecular complexity index is 1040. The summed E-state index contributed by atoms with van der Waals surface area (Å²) >= 11 is 0. The van der Waals surface area contributed by atoms with Gasteiger partial charge in [-0.1, -0.05) is 12.1 Å². The fourth-order valence-electron chi connectivity index (χ4n) is 4.69. The SMILES string of the molecule is COc1cccc(-c2nn(C)c3c2[C@H]2CN(C(=O)c4ccncc4)C[C@H]2C3)c1. The number of rotatable bonds is 3. The maximum atomic E-state index is 12.9. The van der Waals surface area contributed by atoms with Gasteiger partial charge in [-0.15, -0.1) is 0 Å². The smallest absolute Gasteiger partial charge is 0.253 e. The van der Waals surface area contributed by atoms with Crippen LogP contribution >= 0.6 is 0 Å². The Morgan fingerprint density at radius 1 is 1.18 bits per heavy atom. The lowest BCUT2D eigenvalue weighted by atomic mass is 9.94. The number of hydrogen-bond donors (Lipinski definition) is 0. The number of aryl methyl sites for hydroxylation is 1. The molecule has 6 heteroatoms. The summed E-state index contributed by atoms with van der Waals surface area (Å²) in [4.78, 5) is 18.9. The van der Waals surface area contributed by atoms with Gasteiger partial charge in [0.15, 0.2) is 0 Å². The van der Waals surface area contributed by atoms with Crippen molar-refractivity contribution < 1.29 is 9.53 Å². The van der Waals surface area contributed by atoms with Crippen LogP contribution in [0.1, 0.15) is 27.5 Å². The van der Waals surface area contributed by atoms with Gasteiger partial charge in [0.25, 0.3) is 5.91 Å². The van der Waals surface area contributed by atoms with Crippen LogP contribution < -0.4 is 4.74 Å². The molecule has 1 fully saturated rings. The van der Waals surface area contributed by atoms with Gasteiger partial charge in [-0.3, -0.25) is 14.5 Å². The fourth-order valence-corrected chi connectivity index (χ4v) is 4.69. The first-order valence-electron chi connectivity index (χ1n) is 9.55. The molecule has 0 radical (unpaired) electrons. The molecule has 1 saturated heterocycles. The number of benzene rings is 1. The minimum Gasteiger partial charge on any atom is -0.497 e. The number of carbonyl (C=O) groups excluding carboxylic acids is 1. The van der Waals surface area contributed by atoms with Crippen LogP contribution in [0.15, 0.2) is 48.8 Å². The molecule has 2 atom stereocenters. The van der Waals surface area contributed by atoms with Crippen LogP contribution in [0.4, 0.5) is 0 Å². The van der Waals surface area contributed by atoms with Gasteiger partial charge in [-0.2, -0.15) is 5.10 Å². The van der Waals surface area contributed by atoms with Crippen LogP contribution in [0.3, 0.4) is 0 Å². The van der Waals surface area contributed by atoms with E-state index in [1.165, 1.54) is 11.3 Å². The van der Waals surface area contributed by atoms with Crippen LogP contribution in [0.2, 0.25) is 0 Å². The zero-order valence-electron chi connectivity index (χ0n) is 16.0. The highest BCUT2D eigenvalue weighted by Crippen LogP contribution is 2.47. The molecule has 28 heavy (non-hydrogen) atoms. The summed E-state index contributed by atoms with van der Waals surface area (Å²) in [6, 6.07) is 11.6. The monoisotopic (exact) mass is 374 g/mol. The molecule has 3 heterocycles. The number of methoxy groups -OCH3 is 1. The van der Waals surface area contributed by atoms with E-state index in [4.69, 9.17) is 9.84 Å². The minimum absolute atomic E-state index is 0.0881. The Morgan fingerprint density at radius 3 is 2.79 bits per heavy atom. The normalized spacial score (nSPS) is 20.1. The third-order valence-corrected chi connectivity index (χ3v) is 6.03. The lowest BCUT2D eigenvalue weighted by molar-refractivity contribution is 0.0785. The van der Waals surface area contributed by atoms with Crippen molar-refractivity contribution in [2.24, 2.45) is 13.0 Å². The molecule has 1 aliphatic heterocycles. The second kappa shape index (κ2) is 6.48. The first kappa shape index (κ1) is 17.0. The number of aromatic nitrogens is 3. The van der Waals surface area contributed by atoms with Gasteiger partial charge in [0, 0.05) is 60.8 Å². The third-order valence-electron chi connectivity index (χ3n) is 6.03. The molecule has 2 aliphatic rings. The number of carbonyl (C=O) groups is 1. The highest BCUT2D eigenvalue weighted by molar-refractivity contribution is 5.94. The van der Waals surface area contributed by atoms with E-state index in [1.54, 1.807) is 31.6 Å². The molecule has 1 aromatic carbocycles. The standard InChI is InChI=1S/C22H22N4O2/c1-25-19-11-16-12-26(22(27)14-6-8-23-9-7-14)13-18(16)20(19)21(24-25)15-4-3-5-17(10-15)28-2/h3-10,16,18H,11-13H2,1-2H3/t16-,18+/m1/s1. The average Bonchev–Trinajstić information content (AvgIpc) is 3.39. The number of likely N-dealkylation sites (tertiary alicyclic amines) is 1. The van der Waals surface area contributed by atoms with E-state index in [2.05, 4.69) is 11.1 Å². The summed E-state index contributed by atoms with van der Waals surface area (Å²) in [5.41, 5.74) is 5.38.